The van der Waals surface area contributed by atoms with Crippen LogP contribution in [0, 0.1) is 0 Å². The quantitative estimate of drug-likeness (QED) is 0.505. The van der Waals surface area contributed by atoms with E-state index >= 15 is 0 Å². The predicted octanol–water partition coefficient (Wildman–Crippen LogP) is 1.85. The highest BCUT2D eigenvalue weighted by Gasteiger charge is 2.14. The number of nitrogens with zero attached hydrogens (tertiary/aromatic N) is 5. The van der Waals surface area contributed by atoms with Crippen molar-refractivity contribution in [2.24, 2.45) is 0 Å². The molecule has 0 aliphatic rings. The minimum atomic E-state index is -0.140. The molecule has 1 aromatic carbocycles. The molecule has 0 unspecified atom stereocenters. The van der Waals surface area contributed by atoms with Gasteiger partial charge in [0.15, 0.2) is 5.82 Å². The maximum absolute atomic E-state index is 12.1. The molecule has 3 N–H and O–H groups in total. The van der Waals surface area contributed by atoms with Crippen LogP contribution in [0.4, 0.5) is 11.4 Å². The van der Waals surface area contributed by atoms with Crippen LogP contribution >= 0.6 is 11.8 Å². The highest BCUT2D eigenvalue weighted by molar-refractivity contribution is 7.99. The Morgan fingerprint density at radius 1 is 1.23 bits per heavy atom. The molecule has 26 heavy (non-hydrogen) atoms. The largest absolute Gasteiger partial charge is 0.378 e. The number of thioether (sulfide) groups is 1. The summed E-state index contributed by atoms with van der Waals surface area (Å²) < 4.78 is 1.36. The fourth-order valence-electron chi connectivity index (χ4n) is 2.24. The van der Waals surface area contributed by atoms with Gasteiger partial charge in [-0.1, -0.05) is 11.8 Å². The van der Waals surface area contributed by atoms with E-state index in [2.05, 4.69) is 20.5 Å². The average Bonchev–Trinajstić information content (AvgIpc) is 3.02. The van der Waals surface area contributed by atoms with Crippen molar-refractivity contribution in [3.05, 3.63) is 48.8 Å². The minimum Gasteiger partial charge on any atom is -0.378 e. The first-order valence-electron chi connectivity index (χ1n) is 7.85. The van der Waals surface area contributed by atoms with Crippen LogP contribution < -0.4 is 16.1 Å². The number of hydrogen-bond acceptors (Lipinski definition) is 7. The van der Waals surface area contributed by atoms with Crippen molar-refractivity contribution in [3.63, 3.8) is 0 Å². The molecule has 2 aromatic heterocycles. The van der Waals surface area contributed by atoms with Crippen LogP contribution in [-0.4, -0.2) is 45.6 Å². The van der Waals surface area contributed by atoms with E-state index in [1.807, 2.05) is 49.3 Å². The van der Waals surface area contributed by atoms with Gasteiger partial charge in [-0.3, -0.25) is 9.78 Å². The van der Waals surface area contributed by atoms with Gasteiger partial charge < -0.3 is 16.1 Å². The Labute approximate surface area is 155 Å². The van der Waals surface area contributed by atoms with E-state index in [1.54, 1.807) is 18.5 Å². The lowest BCUT2D eigenvalue weighted by Crippen LogP contribution is -2.16. The maximum Gasteiger partial charge on any atom is 0.234 e. The van der Waals surface area contributed by atoms with Crippen LogP contribution in [-0.2, 0) is 4.79 Å². The molecule has 0 aliphatic carbocycles. The average molecular weight is 369 g/mol. The summed E-state index contributed by atoms with van der Waals surface area (Å²) in [7, 11) is 3.93. The highest BCUT2D eigenvalue weighted by Crippen LogP contribution is 2.21. The molecule has 1 amide bonds. The lowest BCUT2D eigenvalue weighted by molar-refractivity contribution is -0.113. The molecule has 0 radical (unpaired) electrons. The van der Waals surface area contributed by atoms with Gasteiger partial charge in [0.25, 0.3) is 0 Å². The maximum atomic E-state index is 12.1. The molecule has 3 rings (SSSR count). The van der Waals surface area contributed by atoms with E-state index in [4.69, 9.17) is 5.84 Å². The number of nitrogens with two attached hydrogens (primary N) is 1. The number of aromatic nitrogens is 4. The molecule has 0 aliphatic heterocycles. The molecular formula is C17H19N7OS. The summed E-state index contributed by atoms with van der Waals surface area (Å²) in [5.41, 5.74) is 2.57. The Morgan fingerprint density at radius 2 is 2.00 bits per heavy atom. The van der Waals surface area contributed by atoms with Crippen LogP contribution in [0.3, 0.4) is 0 Å². The zero-order chi connectivity index (χ0) is 18.5. The summed E-state index contributed by atoms with van der Waals surface area (Å²) in [5, 5.41) is 11.4. The summed E-state index contributed by atoms with van der Waals surface area (Å²) in [6.45, 7) is 0. The van der Waals surface area contributed by atoms with Gasteiger partial charge in [0.2, 0.25) is 11.1 Å². The standard InChI is InChI=1S/C17H19N7OS/c1-23(2)14-7-5-13(6-8-14)20-15(25)11-26-17-22-21-16(24(17)18)12-4-3-9-19-10-12/h3-10H,11,18H2,1-2H3,(H,20,25). The fourth-order valence-corrected chi connectivity index (χ4v) is 2.89. The Balaban J connectivity index is 1.59. The van der Waals surface area contributed by atoms with Crippen LogP contribution in [0.5, 0.6) is 0 Å². The molecule has 0 spiro atoms. The van der Waals surface area contributed by atoms with Gasteiger partial charge in [0.05, 0.1) is 5.75 Å². The fraction of sp³-hybridized carbons (Fsp3) is 0.176. The van der Waals surface area contributed by atoms with Crippen molar-refractivity contribution in [2.45, 2.75) is 5.16 Å². The van der Waals surface area contributed by atoms with Gasteiger partial charge in [-0.05, 0) is 36.4 Å². The molecule has 0 bridgehead atoms. The lowest BCUT2D eigenvalue weighted by Gasteiger charge is -2.13. The monoisotopic (exact) mass is 369 g/mol. The number of hydrogen-bond donors (Lipinski definition) is 2. The van der Waals surface area contributed by atoms with Crippen molar-refractivity contribution in [1.29, 1.82) is 0 Å². The van der Waals surface area contributed by atoms with Crippen molar-refractivity contribution >= 4 is 29.0 Å². The normalized spacial score (nSPS) is 10.5. The summed E-state index contributed by atoms with van der Waals surface area (Å²) >= 11 is 1.22. The molecular weight excluding hydrogens is 350 g/mol. The van der Waals surface area contributed by atoms with Gasteiger partial charge in [0, 0.05) is 43.4 Å². The first-order valence-corrected chi connectivity index (χ1v) is 8.84. The summed E-state index contributed by atoms with van der Waals surface area (Å²) in [5.74, 6) is 6.56. The van der Waals surface area contributed by atoms with Crippen LogP contribution in [0.2, 0.25) is 0 Å². The van der Waals surface area contributed by atoms with Gasteiger partial charge in [-0.25, -0.2) is 4.68 Å². The zero-order valence-corrected chi connectivity index (χ0v) is 15.3. The third-order valence-electron chi connectivity index (χ3n) is 3.58. The van der Waals surface area contributed by atoms with Crippen molar-refractivity contribution in [1.82, 2.24) is 19.9 Å². The topological polar surface area (TPSA) is 102 Å². The SMILES string of the molecule is CN(C)c1ccc(NC(=O)CSc2nnc(-c3cccnc3)n2N)cc1. The smallest absolute Gasteiger partial charge is 0.234 e. The number of pyridine rings is 1. The second-order valence-corrected chi connectivity index (χ2v) is 6.64. The molecule has 9 heteroatoms. The Morgan fingerprint density at radius 3 is 2.65 bits per heavy atom. The Kier molecular flexibility index (Phi) is 5.37. The van der Waals surface area contributed by atoms with Crippen molar-refractivity contribution in [3.8, 4) is 11.4 Å². The molecule has 8 nitrogen and oxygen atoms in total. The number of benzene rings is 1. The predicted molar refractivity (Wildman–Crippen MR) is 104 cm³/mol. The molecule has 3 aromatic rings. The molecule has 0 saturated heterocycles. The number of nitrogens with one attached hydrogen (secondary N) is 1. The molecule has 2 heterocycles. The third-order valence-corrected chi connectivity index (χ3v) is 4.53. The van der Waals surface area contributed by atoms with Crippen molar-refractivity contribution < 1.29 is 4.79 Å². The first-order chi connectivity index (χ1) is 12.5. The summed E-state index contributed by atoms with van der Waals surface area (Å²) in [6.07, 6.45) is 3.33. The molecule has 134 valence electrons. The van der Waals surface area contributed by atoms with E-state index in [1.165, 1.54) is 16.4 Å². The van der Waals surface area contributed by atoms with Gasteiger partial charge in [-0.2, -0.15) is 0 Å². The summed E-state index contributed by atoms with van der Waals surface area (Å²) in [4.78, 5) is 18.2. The number of carbonyl (C=O) groups excluding carboxylic acids is 1. The Hall–Kier alpha value is -3.07. The third kappa shape index (κ3) is 4.12. The van der Waals surface area contributed by atoms with E-state index in [0.29, 0.717) is 11.0 Å². The number of anilines is 2. The lowest BCUT2D eigenvalue weighted by atomic mass is 10.2. The summed E-state index contributed by atoms with van der Waals surface area (Å²) in [6, 6.07) is 11.3. The van der Waals surface area contributed by atoms with Crippen LogP contribution in [0.1, 0.15) is 0 Å². The first kappa shape index (κ1) is 17.7. The Bertz CT molecular complexity index is 878. The van der Waals surface area contributed by atoms with E-state index in [9.17, 15) is 4.79 Å². The van der Waals surface area contributed by atoms with E-state index in [-0.39, 0.29) is 11.7 Å². The van der Waals surface area contributed by atoms with Crippen LogP contribution in [0.15, 0.2) is 53.9 Å². The second kappa shape index (κ2) is 7.87. The van der Waals surface area contributed by atoms with Gasteiger partial charge in [0.1, 0.15) is 0 Å². The molecule has 0 atom stereocenters. The second-order valence-electron chi connectivity index (χ2n) is 5.70. The van der Waals surface area contributed by atoms with Gasteiger partial charge in [-0.15, -0.1) is 10.2 Å². The minimum absolute atomic E-state index is 0.140. The van der Waals surface area contributed by atoms with Gasteiger partial charge >= 0.3 is 0 Å². The number of nitrogen functional groups attached to an aromatic ring is 1. The zero-order valence-electron chi connectivity index (χ0n) is 14.5. The van der Waals surface area contributed by atoms with Crippen molar-refractivity contribution in [2.75, 3.05) is 35.9 Å². The van der Waals surface area contributed by atoms with E-state index < -0.39 is 0 Å². The highest BCUT2D eigenvalue weighted by atomic mass is 32.2. The van der Waals surface area contributed by atoms with E-state index in [0.717, 1.165) is 16.9 Å². The number of carbonyl (C=O) groups is 1. The number of amides is 1. The van der Waals surface area contributed by atoms with Crippen LogP contribution in [0.25, 0.3) is 11.4 Å². The number of rotatable bonds is 6. The molecule has 0 fully saturated rings. The molecule has 0 saturated carbocycles.